The molecule has 0 bridgehead atoms. The van der Waals surface area contributed by atoms with Crippen molar-refractivity contribution in [1.29, 1.82) is 0 Å². The summed E-state index contributed by atoms with van der Waals surface area (Å²) in [5.41, 5.74) is 5.00. The fraction of sp³-hybridized carbons (Fsp3) is 0.562. The molecule has 3 rings (SSSR count). The van der Waals surface area contributed by atoms with E-state index < -0.39 is 5.60 Å². The highest BCUT2D eigenvalue weighted by Crippen LogP contribution is 2.55. The smallest absolute Gasteiger partial charge is 0.107 e. The molecule has 1 aromatic rings. The molecule has 0 saturated carbocycles. The van der Waals surface area contributed by atoms with Crippen LogP contribution in [0.4, 0.5) is 5.69 Å². The van der Waals surface area contributed by atoms with Crippen LogP contribution in [0.15, 0.2) is 66.9 Å². The molecule has 0 aliphatic heterocycles. The monoisotopic (exact) mass is 476 g/mol. The molecule has 1 aromatic carbocycles. The lowest BCUT2D eigenvalue weighted by Gasteiger charge is -2.53. The van der Waals surface area contributed by atoms with Gasteiger partial charge in [0.2, 0.25) is 0 Å². The molecule has 2 aliphatic rings. The van der Waals surface area contributed by atoms with Gasteiger partial charge in [0.25, 0.3) is 0 Å². The van der Waals surface area contributed by atoms with Crippen LogP contribution in [0.3, 0.4) is 0 Å². The third-order valence-corrected chi connectivity index (χ3v) is 8.51. The molecule has 0 spiro atoms. The second-order valence-corrected chi connectivity index (χ2v) is 9.89. The number of benzene rings is 1. The van der Waals surface area contributed by atoms with Crippen LogP contribution in [0.5, 0.6) is 0 Å². The van der Waals surface area contributed by atoms with E-state index in [4.69, 9.17) is 4.74 Å². The summed E-state index contributed by atoms with van der Waals surface area (Å²) in [7, 11) is 1.92. The van der Waals surface area contributed by atoms with Gasteiger partial charge in [-0.15, -0.1) is 6.58 Å². The fourth-order valence-corrected chi connectivity index (χ4v) is 6.68. The zero-order valence-corrected chi connectivity index (χ0v) is 23.3. The SMILES string of the molecule is C=CC(CC)C(/C=C\C)C1(OC)c2ccc(N(CC)CC)cc2CC2C=C(N(CC)CC)C=CC21. The maximum absolute atomic E-state index is 6.77. The summed E-state index contributed by atoms with van der Waals surface area (Å²) in [5.74, 6) is 1.21. The predicted molar refractivity (Wildman–Crippen MR) is 152 cm³/mol. The molecule has 0 fully saturated rings. The standard InChI is InChI=1S/C32H48N2O/c1-9-16-29(24(10-2)11-3)32(35-8)30-19-17-27(33(12-4)13-5)22-25(30)21-26-23-28(18-20-31(26)32)34(14-6)15-7/h9-10,16-20,22-25,29-30H,2,11-15,21H2,1,3-8H3/b16-9-. The number of ether oxygens (including phenoxy) is 1. The number of hydrogen-bond acceptors (Lipinski definition) is 3. The summed E-state index contributed by atoms with van der Waals surface area (Å²) < 4.78 is 6.77. The second-order valence-electron chi connectivity index (χ2n) is 9.89. The Morgan fingerprint density at radius 3 is 2.31 bits per heavy atom. The van der Waals surface area contributed by atoms with Crippen LogP contribution in [0.1, 0.15) is 59.1 Å². The van der Waals surface area contributed by atoms with Crippen LogP contribution < -0.4 is 4.90 Å². The Labute approximate surface area is 215 Å². The highest BCUT2D eigenvalue weighted by Gasteiger charge is 2.53. The molecule has 0 saturated heterocycles. The first-order valence-corrected chi connectivity index (χ1v) is 13.8. The quantitative estimate of drug-likeness (QED) is 0.293. The van der Waals surface area contributed by atoms with Crippen molar-refractivity contribution in [2.45, 2.75) is 60.0 Å². The number of rotatable bonds is 12. The number of anilines is 1. The van der Waals surface area contributed by atoms with Crippen molar-refractivity contribution in [1.82, 2.24) is 4.90 Å². The van der Waals surface area contributed by atoms with E-state index in [-0.39, 0.29) is 11.8 Å². The van der Waals surface area contributed by atoms with Gasteiger partial charge in [-0.2, -0.15) is 0 Å². The number of fused-ring (bicyclic) bond motifs is 2. The van der Waals surface area contributed by atoms with Crippen molar-refractivity contribution < 1.29 is 4.74 Å². The average Bonchev–Trinajstić information content (AvgIpc) is 2.89. The van der Waals surface area contributed by atoms with E-state index in [1.54, 1.807) is 0 Å². The van der Waals surface area contributed by atoms with Gasteiger partial charge in [0, 0.05) is 56.5 Å². The fourth-order valence-electron chi connectivity index (χ4n) is 6.68. The van der Waals surface area contributed by atoms with Gasteiger partial charge < -0.3 is 14.5 Å². The molecule has 5 atom stereocenters. The lowest BCUT2D eigenvalue weighted by atomic mass is 9.57. The van der Waals surface area contributed by atoms with Crippen LogP contribution in [0.2, 0.25) is 0 Å². The normalized spacial score (nSPS) is 24.9. The molecule has 2 aliphatic carbocycles. The predicted octanol–water partition coefficient (Wildman–Crippen LogP) is 7.36. The minimum Gasteiger partial charge on any atom is -0.372 e. The first kappa shape index (κ1) is 27.3. The molecule has 0 N–H and O–H groups in total. The molecule has 5 unspecified atom stereocenters. The van der Waals surface area contributed by atoms with Crippen LogP contribution in [0, 0.1) is 23.7 Å². The van der Waals surface area contributed by atoms with E-state index in [1.807, 2.05) is 7.11 Å². The van der Waals surface area contributed by atoms with E-state index >= 15 is 0 Å². The van der Waals surface area contributed by atoms with Crippen molar-refractivity contribution in [3.8, 4) is 0 Å². The van der Waals surface area contributed by atoms with Crippen LogP contribution >= 0.6 is 0 Å². The summed E-state index contributed by atoms with van der Waals surface area (Å²) in [6.07, 6.45) is 16.1. The Morgan fingerprint density at radius 1 is 1.09 bits per heavy atom. The Morgan fingerprint density at radius 2 is 1.77 bits per heavy atom. The minimum absolute atomic E-state index is 0.207. The van der Waals surface area contributed by atoms with Crippen molar-refractivity contribution in [3.05, 3.63) is 78.1 Å². The second kappa shape index (κ2) is 12.1. The van der Waals surface area contributed by atoms with E-state index in [0.29, 0.717) is 11.8 Å². The molecule has 3 heteroatoms. The van der Waals surface area contributed by atoms with Crippen LogP contribution in [-0.4, -0.2) is 38.2 Å². The molecule has 0 heterocycles. The molecular formula is C32H48N2O. The van der Waals surface area contributed by atoms with Gasteiger partial charge in [-0.25, -0.2) is 0 Å². The Balaban J connectivity index is 2.26. The lowest BCUT2D eigenvalue weighted by Crippen LogP contribution is -2.52. The molecule has 0 amide bonds. The van der Waals surface area contributed by atoms with E-state index in [9.17, 15) is 0 Å². The Bertz CT molecular complexity index is 937. The van der Waals surface area contributed by atoms with E-state index in [1.165, 1.54) is 22.5 Å². The van der Waals surface area contributed by atoms with Crippen molar-refractivity contribution in [2.75, 3.05) is 38.2 Å². The Kier molecular flexibility index (Phi) is 9.47. The highest BCUT2D eigenvalue weighted by atomic mass is 16.5. The topological polar surface area (TPSA) is 15.7 Å². The first-order chi connectivity index (χ1) is 17.0. The molecule has 35 heavy (non-hydrogen) atoms. The number of hydrogen-bond donors (Lipinski definition) is 0. The van der Waals surface area contributed by atoms with Crippen molar-refractivity contribution in [3.63, 3.8) is 0 Å². The number of methoxy groups -OCH3 is 1. The minimum atomic E-state index is -0.441. The summed E-state index contributed by atoms with van der Waals surface area (Å²) in [4.78, 5) is 4.91. The first-order valence-electron chi connectivity index (χ1n) is 13.8. The van der Waals surface area contributed by atoms with Crippen LogP contribution in [0.25, 0.3) is 0 Å². The van der Waals surface area contributed by atoms with Gasteiger partial charge in [0.15, 0.2) is 0 Å². The highest BCUT2D eigenvalue weighted by molar-refractivity contribution is 5.55. The summed E-state index contributed by atoms with van der Waals surface area (Å²) in [6, 6.07) is 7.12. The van der Waals surface area contributed by atoms with Crippen molar-refractivity contribution in [2.24, 2.45) is 23.7 Å². The maximum atomic E-state index is 6.77. The summed E-state index contributed by atoms with van der Waals surface area (Å²) in [6.45, 7) is 21.7. The third kappa shape index (κ3) is 4.89. The van der Waals surface area contributed by atoms with Gasteiger partial charge in [0.05, 0.1) is 0 Å². The molecule has 192 valence electrons. The zero-order valence-electron chi connectivity index (χ0n) is 23.3. The maximum Gasteiger partial charge on any atom is 0.107 e. The molecular weight excluding hydrogens is 428 g/mol. The molecule has 0 radical (unpaired) electrons. The zero-order chi connectivity index (χ0) is 25.6. The number of allylic oxidation sites excluding steroid dienone is 4. The van der Waals surface area contributed by atoms with Gasteiger partial charge in [-0.3, -0.25) is 0 Å². The molecule has 3 nitrogen and oxygen atoms in total. The van der Waals surface area contributed by atoms with E-state index in [0.717, 1.165) is 39.0 Å². The third-order valence-electron chi connectivity index (χ3n) is 8.51. The summed E-state index contributed by atoms with van der Waals surface area (Å²) in [5, 5.41) is 0. The Hall–Kier alpha value is -2.26. The number of likely N-dealkylation sites (N-methyl/N-ethyl adjacent to an activating group) is 1. The molecule has 0 aromatic heterocycles. The number of nitrogens with zero attached hydrogens (tertiary/aromatic N) is 2. The summed E-state index contributed by atoms with van der Waals surface area (Å²) >= 11 is 0. The average molecular weight is 477 g/mol. The largest absolute Gasteiger partial charge is 0.372 e. The van der Waals surface area contributed by atoms with Gasteiger partial charge >= 0.3 is 0 Å². The lowest BCUT2D eigenvalue weighted by molar-refractivity contribution is -0.111. The van der Waals surface area contributed by atoms with Crippen LogP contribution in [-0.2, 0) is 16.8 Å². The van der Waals surface area contributed by atoms with Gasteiger partial charge in [-0.1, -0.05) is 43.4 Å². The van der Waals surface area contributed by atoms with Gasteiger partial charge in [0.1, 0.15) is 5.60 Å². The van der Waals surface area contributed by atoms with Crippen molar-refractivity contribution >= 4 is 5.69 Å². The van der Waals surface area contributed by atoms with Gasteiger partial charge in [-0.05, 0) is 88.6 Å². The van der Waals surface area contributed by atoms with E-state index in [2.05, 4.69) is 113 Å².